The summed E-state index contributed by atoms with van der Waals surface area (Å²) in [4.78, 5) is 13.4. The summed E-state index contributed by atoms with van der Waals surface area (Å²) in [5.74, 6) is -0.412. The number of phenols is 1. The van der Waals surface area contributed by atoms with Crippen LogP contribution in [-0.4, -0.2) is 36.8 Å². The molecule has 2 heterocycles. The van der Waals surface area contributed by atoms with Crippen molar-refractivity contribution >= 4 is 33.1 Å². The van der Waals surface area contributed by atoms with E-state index in [1.807, 2.05) is 17.5 Å². The molecule has 0 saturated carbocycles. The number of nitrogens with zero attached hydrogens (tertiary/aromatic N) is 1. The van der Waals surface area contributed by atoms with Crippen molar-refractivity contribution in [2.45, 2.75) is 18.5 Å². The Morgan fingerprint density at radius 1 is 1.38 bits per heavy atom. The van der Waals surface area contributed by atoms with Gasteiger partial charge in [0.15, 0.2) is 0 Å². The molecule has 1 aromatic carbocycles. The van der Waals surface area contributed by atoms with Gasteiger partial charge in [-0.25, -0.2) is 0 Å². The van der Waals surface area contributed by atoms with Crippen molar-refractivity contribution in [3.8, 4) is 5.75 Å². The van der Waals surface area contributed by atoms with Crippen LogP contribution in [0.25, 0.3) is 0 Å². The van der Waals surface area contributed by atoms with Crippen LogP contribution in [0.1, 0.15) is 17.3 Å². The van der Waals surface area contributed by atoms with Gasteiger partial charge in [0.1, 0.15) is 11.8 Å². The second kappa shape index (κ2) is 6.52. The molecule has 0 bridgehead atoms. The molecule has 2 aromatic rings. The molecule has 9 heteroatoms. The van der Waals surface area contributed by atoms with Crippen LogP contribution in [0.3, 0.4) is 0 Å². The minimum atomic E-state index is -3.75. The van der Waals surface area contributed by atoms with Gasteiger partial charge < -0.3 is 10.4 Å². The fraction of sp³-hybridized carbons (Fsp3) is 0.267. The van der Waals surface area contributed by atoms with Crippen molar-refractivity contribution in [2.24, 2.45) is 0 Å². The lowest BCUT2D eigenvalue weighted by atomic mass is 10.1. The number of nitrogens with one attached hydrogen (secondary N) is 2. The van der Waals surface area contributed by atoms with E-state index in [0.717, 1.165) is 9.18 Å². The fourth-order valence-electron chi connectivity index (χ4n) is 2.60. The van der Waals surface area contributed by atoms with Crippen LogP contribution >= 0.6 is 11.3 Å². The Balaban J connectivity index is 1.83. The zero-order chi connectivity index (χ0) is 17.3. The lowest BCUT2D eigenvalue weighted by molar-refractivity contribution is -0.120. The molecule has 0 radical (unpaired) electrons. The van der Waals surface area contributed by atoms with Crippen LogP contribution in [0.15, 0.2) is 41.8 Å². The highest BCUT2D eigenvalue weighted by Gasteiger charge is 2.40. The lowest BCUT2D eigenvalue weighted by Crippen LogP contribution is -2.55. The molecule has 1 aliphatic rings. The highest BCUT2D eigenvalue weighted by atomic mass is 32.2. The monoisotopic (exact) mass is 367 g/mol. The van der Waals surface area contributed by atoms with Gasteiger partial charge in [0.25, 0.3) is 10.2 Å². The molecule has 3 rings (SSSR count). The average Bonchev–Trinajstić information content (AvgIpc) is 3.04. The minimum Gasteiger partial charge on any atom is -0.508 e. The maximum absolute atomic E-state index is 12.6. The maximum atomic E-state index is 12.6. The number of benzene rings is 1. The van der Waals surface area contributed by atoms with Crippen LogP contribution in [0.5, 0.6) is 5.75 Å². The number of amides is 1. The Morgan fingerprint density at radius 2 is 2.17 bits per heavy atom. The zero-order valence-electron chi connectivity index (χ0n) is 12.8. The molecule has 2 atom stereocenters. The summed E-state index contributed by atoms with van der Waals surface area (Å²) in [7, 11) is -2.38. The van der Waals surface area contributed by atoms with Crippen molar-refractivity contribution in [1.29, 1.82) is 0 Å². The molecule has 24 heavy (non-hydrogen) atoms. The number of hydrogen-bond donors (Lipinski definition) is 3. The minimum absolute atomic E-state index is 0.0237. The molecule has 3 N–H and O–H groups in total. The van der Waals surface area contributed by atoms with Crippen molar-refractivity contribution < 1.29 is 18.3 Å². The van der Waals surface area contributed by atoms with Crippen LogP contribution in [0.4, 0.5) is 5.69 Å². The first-order valence-corrected chi connectivity index (χ1v) is 9.57. The van der Waals surface area contributed by atoms with Gasteiger partial charge in [-0.3, -0.25) is 4.79 Å². The molecule has 1 aromatic heterocycles. The van der Waals surface area contributed by atoms with E-state index in [0.29, 0.717) is 12.1 Å². The summed E-state index contributed by atoms with van der Waals surface area (Å²) in [5, 5.41) is 14.0. The average molecular weight is 367 g/mol. The number of anilines is 1. The van der Waals surface area contributed by atoms with Crippen LogP contribution in [-0.2, 0) is 15.0 Å². The van der Waals surface area contributed by atoms with Crippen LogP contribution < -0.4 is 10.0 Å². The SMILES string of the molecule is CN1[C@@H](C(=O)Nc2cccc(O)c2)C[C@@H](c2cccs2)NS1(=O)=O. The second-order valence-corrected chi connectivity index (χ2v) is 8.24. The normalized spacial score (nSPS) is 23.7. The summed E-state index contributed by atoms with van der Waals surface area (Å²) in [6.45, 7) is 0. The molecular formula is C15H17N3O4S2. The first kappa shape index (κ1) is 16.9. The van der Waals surface area contributed by atoms with Gasteiger partial charge in [0, 0.05) is 23.7 Å². The number of thiophene rings is 1. The van der Waals surface area contributed by atoms with Crippen LogP contribution in [0, 0.1) is 0 Å². The maximum Gasteiger partial charge on any atom is 0.280 e. The topological polar surface area (TPSA) is 98.7 Å². The third-order valence-electron chi connectivity index (χ3n) is 3.87. The summed E-state index contributed by atoms with van der Waals surface area (Å²) < 4.78 is 28.2. The van der Waals surface area contributed by atoms with E-state index in [2.05, 4.69) is 10.0 Å². The quantitative estimate of drug-likeness (QED) is 0.768. The smallest absolute Gasteiger partial charge is 0.280 e. The van der Waals surface area contributed by atoms with E-state index in [1.54, 1.807) is 12.1 Å². The third-order valence-corrected chi connectivity index (χ3v) is 6.45. The molecular weight excluding hydrogens is 350 g/mol. The number of rotatable bonds is 3. The molecule has 0 unspecified atom stereocenters. The highest BCUT2D eigenvalue weighted by Crippen LogP contribution is 2.31. The number of carbonyl (C=O) groups excluding carboxylic acids is 1. The van der Waals surface area contributed by atoms with Gasteiger partial charge in [-0.1, -0.05) is 12.1 Å². The highest BCUT2D eigenvalue weighted by molar-refractivity contribution is 7.87. The molecule has 0 spiro atoms. The largest absolute Gasteiger partial charge is 0.508 e. The van der Waals surface area contributed by atoms with Gasteiger partial charge in [0.05, 0.1) is 6.04 Å². The van der Waals surface area contributed by atoms with Crippen molar-refractivity contribution in [3.63, 3.8) is 0 Å². The summed E-state index contributed by atoms with van der Waals surface area (Å²) in [6, 6.07) is 8.53. The number of hydrogen-bond acceptors (Lipinski definition) is 5. The Labute approximate surface area is 144 Å². The second-order valence-electron chi connectivity index (χ2n) is 5.50. The van der Waals surface area contributed by atoms with E-state index < -0.39 is 28.2 Å². The Morgan fingerprint density at radius 3 is 2.83 bits per heavy atom. The van der Waals surface area contributed by atoms with Gasteiger partial charge in [-0.05, 0) is 30.0 Å². The van der Waals surface area contributed by atoms with E-state index in [-0.39, 0.29) is 5.75 Å². The summed E-state index contributed by atoms with van der Waals surface area (Å²) in [6.07, 6.45) is 0.320. The van der Waals surface area contributed by atoms with E-state index in [9.17, 15) is 18.3 Å². The predicted molar refractivity (Wildman–Crippen MR) is 92.0 cm³/mol. The lowest BCUT2D eigenvalue weighted by Gasteiger charge is -2.35. The van der Waals surface area contributed by atoms with Gasteiger partial charge in [-0.2, -0.15) is 17.4 Å². The van der Waals surface area contributed by atoms with Crippen molar-refractivity contribution in [3.05, 3.63) is 46.7 Å². The van der Waals surface area contributed by atoms with Crippen molar-refractivity contribution in [2.75, 3.05) is 12.4 Å². The number of carbonyl (C=O) groups is 1. The molecule has 1 saturated heterocycles. The molecule has 1 amide bonds. The molecule has 128 valence electrons. The van der Waals surface area contributed by atoms with Crippen LogP contribution in [0.2, 0.25) is 0 Å². The van der Waals surface area contributed by atoms with Gasteiger partial charge in [-0.15, -0.1) is 11.3 Å². The predicted octanol–water partition coefficient (Wildman–Crippen LogP) is 1.67. The Kier molecular flexibility index (Phi) is 4.59. The first-order valence-electron chi connectivity index (χ1n) is 7.25. The molecule has 7 nitrogen and oxygen atoms in total. The molecule has 0 aliphatic carbocycles. The van der Waals surface area contributed by atoms with E-state index in [4.69, 9.17) is 0 Å². The first-order chi connectivity index (χ1) is 11.4. The molecule has 1 aliphatic heterocycles. The van der Waals surface area contributed by atoms with E-state index in [1.165, 1.54) is 30.5 Å². The Hall–Kier alpha value is -1.94. The molecule has 1 fully saturated rings. The summed E-state index contributed by atoms with van der Waals surface area (Å²) >= 11 is 1.44. The van der Waals surface area contributed by atoms with Crippen molar-refractivity contribution in [1.82, 2.24) is 9.03 Å². The Bertz CT molecular complexity index is 836. The number of likely N-dealkylation sites (N-methyl/N-ethyl adjacent to an activating group) is 1. The summed E-state index contributed by atoms with van der Waals surface area (Å²) in [5.41, 5.74) is 0.414. The number of phenolic OH excluding ortho intramolecular Hbond substituents is 1. The van der Waals surface area contributed by atoms with Gasteiger partial charge >= 0.3 is 0 Å². The fourth-order valence-corrected chi connectivity index (χ4v) is 4.73. The van der Waals surface area contributed by atoms with E-state index >= 15 is 0 Å². The van der Waals surface area contributed by atoms with Gasteiger partial charge in [0.2, 0.25) is 5.91 Å². The zero-order valence-corrected chi connectivity index (χ0v) is 14.5. The standard InChI is InChI=1S/C15H17N3O4S2/c1-18-13(15(20)16-10-4-2-5-11(19)8-10)9-12(17-24(18,21)22)14-6-3-7-23-14/h2-8,12-13,17,19H,9H2,1H3,(H,16,20)/t12-,13+/m0/s1. The third kappa shape index (κ3) is 3.44. The number of aromatic hydroxyl groups is 1.